The minimum Gasteiger partial charge on any atom is -0.387 e. The van der Waals surface area contributed by atoms with Crippen molar-refractivity contribution in [3.05, 3.63) is 18.1 Å². The highest BCUT2D eigenvalue weighted by molar-refractivity contribution is 7.51. The summed E-state index contributed by atoms with van der Waals surface area (Å²) >= 11 is 0. The number of nitrogens with one attached hydrogen (secondary N) is 1. The largest absolute Gasteiger partial charge is 0.387 e. The second-order valence-corrected chi connectivity index (χ2v) is 9.04. The summed E-state index contributed by atoms with van der Waals surface area (Å²) in [6, 6.07) is 3.94. The van der Waals surface area contributed by atoms with Crippen LogP contribution in [0.25, 0.3) is 11.0 Å². The summed E-state index contributed by atoms with van der Waals surface area (Å²) in [5.41, 5.74) is 0.358. The molecule has 12 nitrogen and oxygen atoms in total. The Morgan fingerprint density at radius 3 is 2.73 bits per heavy atom. The third-order valence-corrected chi connectivity index (χ3v) is 5.79. The van der Waals surface area contributed by atoms with Crippen LogP contribution >= 0.6 is 7.60 Å². The van der Waals surface area contributed by atoms with E-state index < -0.39 is 38.5 Å². The maximum atomic E-state index is 10.9. The van der Waals surface area contributed by atoms with Crippen LogP contribution in [0.3, 0.4) is 0 Å². The number of rotatable bonds is 7. The monoisotopic (exact) mass is 439 g/mol. The number of hydrogen-bond acceptors (Lipinski definition) is 9. The van der Waals surface area contributed by atoms with Crippen molar-refractivity contribution in [3.63, 3.8) is 0 Å². The molecule has 30 heavy (non-hydrogen) atoms. The maximum absolute atomic E-state index is 10.9. The molecule has 2 aromatic rings. The molecule has 0 spiro atoms. The molecule has 0 radical (unpaired) electrons. The van der Waals surface area contributed by atoms with Gasteiger partial charge >= 0.3 is 7.60 Å². The Morgan fingerprint density at radius 1 is 1.33 bits per heavy atom. The summed E-state index contributed by atoms with van der Waals surface area (Å²) in [7, 11) is -4.36. The van der Waals surface area contributed by atoms with Crippen LogP contribution in [0.1, 0.15) is 31.3 Å². The molecule has 3 heterocycles. The molecule has 2 aliphatic rings. The molecule has 4 rings (SSSR count). The first-order valence-corrected chi connectivity index (χ1v) is 11.3. The third-order valence-electron chi connectivity index (χ3n) is 5.27. The van der Waals surface area contributed by atoms with E-state index in [4.69, 9.17) is 19.3 Å². The van der Waals surface area contributed by atoms with E-state index in [1.165, 1.54) is 4.57 Å². The highest BCUT2D eigenvalue weighted by atomic mass is 31.2. The lowest BCUT2D eigenvalue weighted by Gasteiger charge is -2.27. The van der Waals surface area contributed by atoms with Crippen molar-refractivity contribution in [2.24, 2.45) is 0 Å². The van der Waals surface area contributed by atoms with Crippen molar-refractivity contribution >= 4 is 24.4 Å². The smallest absolute Gasteiger partial charge is 0.350 e. The predicted molar refractivity (Wildman–Crippen MR) is 102 cm³/mol. The quantitative estimate of drug-likeness (QED) is 0.367. The summed E-state index contributed by atoms with van der Waals surface area (Å²) in [6.45, 7) is -0.314. The first-order chi connectivity index (χ1) is 14.3. The van der Waals surface area contributed by atoms with Gasteiger partial charge in [-0.2, -0.15) is 5.26 Å². The standard InChI is InChI=1S/C17H22N5O7P/c18-6-12-20-15(19-9-2-1-3-9)10-4-5-22(16(10)21-12)17-14(24)13(23)11(29-17)7-28-8-30(25,26)27/h4-5,9,11,13-14,17,23-24H,1-3,7-8H2,(H,19,20,21)(H2,25,26,27)/t11-,13-,14-,17-/m1/s1. The van der Waals surface area contributed by atoms with Crippen molar-refractivity contribution in [2.75, 3.05) is 18.3 Å². The van der Waals surface area contributed by atoms with E-state index in [1.54, 1.807) is 12.3 Å². The Balaban J connectivity index is 1.58. The van der Waals surface area contributed by atoms with Gasteiger partial charge in [-0.05, 0) is 25.3 Å². The van der Waals surface area contributed by atoms with Gasteiger partial charge in [0.25, 0.3) is 0 Å². The molecule has 1 aliphatic heterocycles. The number of anilines is 1. The minimum absolute atomic E-state index is 0.0427. The fourth-order valence-corrected chi connectivity index (χ4v) is 3.87. The number of nitriles is 1. The van der Waals surface area contributed by atoms with Crippen LogP contribution in [-0.4, -0.2) is 71.8 Å². The van der Waals surface area contributed by atoms with Gasteiger partial charge in [0, 0.05) is 12.2 Å². The van der Waals surface area contributed by atoms with Crippen LogP contribution in [0.4, 0.5) is 5.82 Å². The molecular weight excluding hydrogens is 417 g/mol. The van der Waals surface area contributed by atoms with Gasteiger partial charge in [-0.15, -0.1) is 0 Å². The van der Waals surface area contributed by atoms with Crippen molar-refractivity contribution in [2.45, 2.75) is 49.8 Å². The Kier molecular flexibility index (Phi) is 5.78. The Hall–Kier alpha value is -2.10. The number of aliphatic hydroxyl groups excluding tert-OH is 2. The van der Waals surface area contributed by atoms with Gasteiger partial charge in [-0.1, -0.05) is 0 Å². The van der Waals surface area contributed by atoms with Gasteiger partial charge in [-0.3, -0.25) is 4.57 Å². The topological polar surface area (TPSA) is 183 Å². The number of hydrogen-bond donors (Lipinski definition) is 5. The van der Waals surface area contributed by atoms with Crippen molar-refractivity contribution in [1.82, 2.24) is 14.5 Å². The fraction of sp³-hybridized carbons (Fsp3) is 0.588. The van der Waals surface area contributed by atoms with Crippen LogP contribution in [0, 0.1) is 11.3 Å². The highest BCUT2D eigenvalue weighted by Gasteiger charge is 2.44. The van der Waals surface area contributed by atoms with E-state index in [1.807, 2.05) is 6.07 Å². The van der Waals surface area contributed by atoms with Gasteiger partial charge in [0.15, 0.2) is 6.23 Å². The zero-order valence-electron chi connectivity index (χ0n) is 15.8. The second-order valence-electron chi connectivity index (χ2n) is 7.45. The highest BCUT2D eigenvalue weighted by Crippen LogP contribution is 2.36. The number of nitrogens with zero attached hydrogens (tertiary/aromatic N) is 4. The molecule has 1 saturated heterocycles. The lowest BCUT2D eigenvalue weighted by Crippen LogP contribution is -2.34. The van der Waals surface area contributed by atoms with Crippen LogP contribution < -0.4 is 5.32 Å². The Bertz CT molecular complexity index is 1010. The van der Waals surface area contributed by atoms with Crippen molar-refractivity contribution in [3.8, 4) is 6.07 Å². The third kappa shape index (κ3) is 4.19. The number of aliphatic hydroxyl groups is 2. The Morgan fingerprint density at radius 2 is 2.10 bits per heavy atom. The molecule has 2 aromatic heterocycles. The van der Waals surface area contributed by atoms with E-state index in [2.05, 4.69) is 15.3 Å². The second kappa shape index (κ2) is 8.20. The summed E-state index contributed by atoms with van der Waals surface area (Å²) in [5.74, 6) is 0.480. The summed E-state index contributed by atoms with van der Waals surface area (Å²) in [6.07, 6.45) is -0.751. The van der Waals surface area contributed by atoms with E-state index in [-0.39, 0.29) is 18.5 Å². The molecule has 1 saturated carbocycles. The first kappa shape index (κ1) is 21.1. The molecule has 1 aliphatic carbocycles. The van der Waals surface area contributed by atoms with E-state index >= 15 is 0 Å². The van der Waals surface area contributed by atoms with Crippen LogP contribution in [-0.2, 0) is 14.0 Å². The van der Waals surface area contributed by atoms with Gasteiger partial charge in [-0.25, -0.2) is 9.97 Å². The van der Waals surface area contributed by atoms with E-state index in [9.17, 15) is 20.0 Å². The summed E-state index contributed by atoms with van der Waals surface area (Å²) in [5, 5.41) is 34.0. The molecule has 0 bridgehead atoms. The van der Waals surface area contributed by atoms with Crippen LogP contribution in [0.5, 0.6) is 0 Å². The fourth-order valence-electron chi connectivity index (χ4n) is 3.53. The van der Waals surface area contributed by atoms with Crippen LogP contribution in [0.15, 0.2) is 12.3 Å². The predicted octanol–water partition coefficient (Wildman–Crippen LogP) is 0.0384. The first-order valence-electron chi connectivity index (χ1n) is 9.46. The average molecular weight is 439 g/mol. The molecular formula is C17H22N5O7P. The van der Waals surface area contributed by atoms with Gasteiger partial charge in [0.2, 0.25) is 5.82 Å². The molecule has 0 amide bonds. The zero-order valence-corrected chi connectivity index (χ0v) is 16.7. The lowest BCUT2D eigenvalue weighted by molar-refractivity contribution is -0.0610. The SMILES string of the molecule is N#Cc1nc(NC2CCC2)c2ccn([C@@H]3O[C@H](COCP(=O)(O)O)[C@@H](O)[C@H]3O)c2n1. The zero-order chi connectivity index (χ0) is 21.5. The van der Waals surface area contributed by atoms with Crippen LogP contribution in [0.2, 0.25) is 0 Å². The molecule has 0 unspecified atom stereocenters. The molecule has 162 valence electrons. The van der Waals surface area contributed by atoms with Crippen molar-refractivity contribution < 1.29 is 34.0 Å². The lowest BCUT2D eigenvalue weighted by atomic mass is 9.93. The van der Waals surface area contributed by atoms with E-state index in [0.29, 0.717) is 16.9 Å². The molecule has 2 fully saturated rings. The summed E-state index contributed by atoms with van der Waals surface area (Å²) in [4.78, 5) is 26.2. The number of aromatic nitrogens is 3. The molecule has 4 atom stereocenters. The molecule has 5 N–H and O–H groups in total. The van der Waals surface area contributed by atoms with Gasteiger partial charge in [0.1, 0.15) is 42.2 Å². The molecule has 0 aromatic carbocycles. The Labute approximate surface area is 171 Å². The van der Waals surface area contributed by atoms with E-state index in [0.717, 1.165) is 19.3 Å². The normalized spacial score (nSPS) is 27.2. The number of fused-ring (bicyclic) bond motifs is 1. The van der Waals surface area contributed by atoms with Gasteiger partial charge < -0.3 is 39.4 Å². The average Bonchev–Trinajstić information content (AvgIpc) is 3.19. The van der Waals surface area contributed by atoms with Crippen molar-refractivity contribution in [1.29, 1.82) is 5.26 Å². The maximum Gasteiger partial charge on any atom is 0.350 e. The minimum atomic E-state index is -4.36. The summed E-state index contributed by atoms with van der Waals surface area (Å²) < 4.78 is 23.0. The number of ether oxygens (including phenoxy) is 2. The molecule has 13 heteroatoms. The van der Waals surface area contributed by atoms with Gasteiger partial charge in [0.05, 0.1) is 12.0 Å².